The first-order chi connectivity index (χ1) is 5.84. The molecule has 1 saturated heterocycles. The standard InChI is InChI=1S/C10H19NS/c1-8-6-10(7-12-8)11-5-4-9-2-3-9/h8-11H,2-7H2,1H3. The Balaban J connectivity index is 1.54. The summed E-state index contributed by atoms with van der Waals surface area (Å²) in [6.07, 6.45) is 5.81. The van der Waals surface area contributed by atoms with Crippen molar-refractivity contribution in [3.8, 4) is 0 Å². The van der Waals surface area contributed by atoms with Crippen molar-refractivity contribution >= 4 is 11.8 Å². The van der Waals surface area contributed by atoms with E-state index in [-0.39, 0.29) is 0 Å². The van der Waals surface area contributed by atoms with E-state index in [9.17, 15) is 0 Å². The zero-order valence-electron chi connectivity index (χ0n) is 7.88. The fraction of sp³-hybridized carbons (Fsp3) is 1.00. The van der Waals surface area contributed by atoms with Crippen LogP contribution in [0.15, 0.2) is 0 Å². The van der Waals surface area contributed by atoms with E-state index in [2.05, 4.69) is 24.0 Å². The van der Waals surface area contributed by atoms with Gasteiger partial charge in [-0.3, -0.25) is 0 Å². The summed E-state index contributed by atoms with van der Waals surface area (Å²) in [5.41, 5.74) is 0. The smallest absolute Gasteiger partial charge is 0.0168 e. The molecular formula is C10H19NS. The molecule has 12 heavy (non-hydrogen) atoms. The van der Waals surface area contributed by atoms with Gasteiger partial charge in [0, 0.05) is 17.0 Å². The monoisotopic (exact) mass is 185 g/mol. The molecule has 70 valence electrons. The Bertz CT molecular complexity index is 145. The number of rotatable bonds is 4. The summed E-state index contributed by atoms with van der Waals surface area (Å²) in [6.45, 7) is 3.61. The molecule has 2 unspecified atom stereocenters. The normalized spacial score (nSPS) is 35.8. The minimum Gasteiger partial charge on any atom is -0.313 e. The van der Waals surface area contributed by atoms with E-state index in [0.29, 0.717) is 0 Å². The lowest BCUT2D eigenvalue weighted by Gasteiger charge is -2.10. The summed E-state index contributed by atoms with van der Waals surface area (Å²) in [5, 5.41) is 4.55. The van der Waals surface area contributed by atoms with Crippen molar-refractivity contribution < 1.29 is 0 Å². The fourth-order valence-electron chi connectivity index (χ4n) is 1.86. The summed E-state index contributed by atoms with van der Waals surface area (Å²) >= 11 is 2.12. The van der Waals surface area contributed by atoms with Gasteiger partial charge in [-0.2, -0.15) is 11.8 Å². The summed E-state index contributed by atoms with van der Waals surface area (Å²) < 4.78 is 0. The van der Waals surface area contributed by atoms with Gasteiger partial charge >= 0.3 is 0 Å². The van der Waals surface area contributed by atoms with Gasteiger partial charge in [-0.25, -0.2) is 0 Å². The second kappa shape index (κ2) is 4.01. The molecule has 1 saturated carbocycles. The number of hydrogen-bond acceptors (Lipinski definition) is 2. The Morgan fingerprint density at radius 1 is 1.42 bits per heavy atom. The van der Waals surface area contributed by atoms with Crippen LogP contribution in [0.5, 0.6) is 0 Å². The lowest BCUT2D eigenvalue weighted by molar-refractivity contribution is 0.515. The molecule has 1 aliphatic heterocycles. The van der Waals surface area contributed by atoms with Crippen LogP contribution in [0.3, 0.4) is 0 Å². The molecule has 0 aromatic heterocycles. The van der Waals surface area contributed by atoms with Crippen molar-refractivity contribution in [1.29, 1.82) is 0 Å². The zero-order chi connectivity index (χ0) is 8.39. The molecule has 1 nitrogen and oxygen atoms in total. The van der Waals surface area contributed by atoms with E-state index in [1.165, 1.54) is 38.0 Å². The lowest BCUT2D eigenvalue weighted by atomic mass is 10.2. The van der Waals surface area contributed by atoms with Gasteiger partial charge in [0.2, 0.25) is 0 Å². The second-order valence-electron chi connectivity index (χ2n) is 4.26. The van der Waals surface area contributed by atoms with Crippen molar-refractivity contribution in [2.24, 2.45) is 5.92 Å². The van der Waals surface area contributed by atoms with Crippen molar-refractivity contribution in [3.05, 3.63) is 0 Å². The first kappa shape index (κ1) is 8.89. The quantitative estimate of drug-likeness (QED) is 0.721. The van der Waals surface area contributed by atoms with Crippen molar-refractivity contribution in [2.45, 2.75) is 43.9 Å². The number of hydrogen-bond donors (Lipinski definition) is 1. The Kier molecular flexibility index (Phi) is 2.97. The Labute approximate surface area is 79.7 Å². The molecule has 1 heterocycles. The predicted molar refractivity (Wildman–Crippen MR) is 55.7 cm³/mol. The van der Waals surface area contributed by atoms with Crippen LogP contribution in [-0.2, 0) is 0 Å². The lowest BCUT2D eigenvalue weighted by Crippen LogP contribution is -2.30. The maximum Gasteiger partial charge on any atom is 0.0168 e. The third-order valence-electron chi connectivity index (χ3n) is 2.88. The van der Waals surface area contributed by atoms with Gasteiger partial charge in [0.15, 0.2) is 0 Å². The third kappa shape index (κ3) is 2.67. The van der Waals surface area contributed by atoms with Crippen LogP contribution in [0.25, 0.3) is 0 Å². The molecule has 1 aliphatic carbocycles. The van der Waals surface area contributed by atoms with Gasteiger partial charge in [-0.1, -0.05) is 19.8 Å². The molecule has 0 radical (unpaired) electrons. The van der Waals surface area contributed by atoms with Crippen LogP contribution in [0, 0.1) is 5.92 Å². The maximum absolute atomic E-state index is 3.66. The molecule has 2 fully saturated rings. The fourth-order valence-corrected chi connectivity index (χ4v) is 3.04. The van der Waals surface area contributed by atoms with Gasteiger partial charge < -0.3 is 5.32 Å². The van der Waals surface area contributed by atoms with E-state index >= 15 is 0 Å². The largest absolute Gasteiger partial charge is 0.313 e. The van der Waals surface area contributed by atoms with E-state index in [0.717, 1.165) is 17.2 Å². The minimum absolute atomic E-state index is 0.823. The Morgan fingerprint density at radius 3 is 2.83 bits per heavy atom. The highest BCUT2D eigenvalue weighted by atomic mass is 32.2. The van der Waals surface area contributed by atoms with Gasteiger partial charge in [0.05, 0.1) is 0 Å². The topological polar surface area (TPSA) is 12.0 Å². The molecule has 0 bridgehead atoms. The first-order valence-electron chi connectivity index (χ1n) is 5.19. The highest BCUT2D eigenvalue weighted by Gasteiger charge is 2.23. The van der Waals surface area contributed by atoms with E-state index < -0.39 is 0 Å². The first-order valence-corrected chi connectivity index (χ1v) is 6.24. The molecule has 1 N–H and O–H groups in total. The third-order valence-corrected chi connectivity index (χ3v) is 4.24. The summed E-state index contributed by atoms with van der Waals surface area (Å²) in [5.74, 6) is 2.43. The molecule has 2 atom stereocenters. The summed E-state index contributed by atoms with van der Waals surface area (Å²) in [7, 11) is 0. The van der Waals surface area contributed by atoms with Crippen LogP contribution in [0.1, 0.15) is 32.6 Å². The summed E-state index contributed by atoms with van der Waals surface area (Å²) in [4.78, 5) is 0. The van der Waals surface area contributed by atoms with E-state index in [1.54, 1.807) is 0 Å². The molecule has 2 heteroatoms. The summed E-state index contributed by atoms with van der Waals surface area (Å²) in [6, 6.07) is 0.823. The van der Waals surface area contributed by atoms with Gasteiger partial charge in [-0.05, 0) is 25.3 Å². The number of thioether (sulfide) groups is 1. The number of nitrogens with one attached hydrogen (secondary N) is 1. The molecule has 0 amide bonds. The molecular weight excluding hydrogens is 166 g/mol. The van der Waals surface area contributed by atoms with Crippen molar-refractivity contribution in [2.75, 3.05) is 12.3 Å². The van der Waals surface area contributed by atoms with Gasteiger partial charge in [0.1, 0.15) is 0 Å². The molecule has 0 spiro atoms. The molecule has 0 aromatic rings. The van der Waals surface area contributed by atoms with Crippen LogP contribution >= 0.6 is 11.8 Å². The molecule has 2 rings (SSSR count). The molecule has 0 aromatic carbocycles. The minimum atomic E-state index is 0.823. The van der Waals surface area contributed by atoms with Crippen molar-refractivity contribution in [3.63, 3.8) is 0 Å². The average molecular weight is 185 g/mol. The van der Waals surface area contributed by atoms with Crippen LogP contribution < -0.4 is 5.32 Å². The second-order valence-corrected chi connectivity index (χ2v) is 5.73. The van der Waals surface area contributed by atoms with Crippen LogP contribution in [0.2, 0.25) is 0 Å². The average Bonchev–Trinajstić information content (AvgIpc) is 2.76. The molecule has 2 aliphatic rings. The van der Waals surface area contributed by atoms with Crippen LogP contribution in [0.4, 0.5) is 0 Å². The van der Waals surface area contributed by atoms with Crippen LogP contribution in [-0.4, -0.2) is 23.6 Å². The highest BCUT2D eigenvalue weighted by Crippen LogP contribution is 2.32. The Hall–Kier alpha value is 0.310. The van der Waals surface area contributed by atoms with E-state index in [4.69, 9.17) is 0 Å². The SMILES string of the molecule is CC1CC(NCCC2CC2)CS1. The van der Waals surface area contributed by atoms with Gasteiger partial charge in [0.25, 0.3) is 0 Å². The predicted octanol–water partition coefficient (Wildman–Crippen LogP) is 2.27. The van der Waals surface area contributed by atoms with Gasteiger partial charge in [-0.15, -0.1) is 0 Å². The highest BCUT2D eigenvalue weighted by molar-refractivity contribution is 8.00. The van der Waals surface area contributed by atoms with Crippen molar-refractivity contribution in [1.82, 2.24) is 5.32 Å². The Morgan fingerprint density at radius 2 is 2.25 bits per heavy atom. The maximum atomic E-state index is 3.66. The zero-order valence-corrected chi connectivity index (χ0v) is 8.70. The van der Waals surface area contributed by atoms with E-state index in [1.807, 2.05) is 0 Å².